The molecule has 1 atom stereocenters. The molecular weight excluding hydrogens is 290 g/mol. The van der Waals surface area contributed by atoms with E-state index in [0.29, 0.717) is 11.2 Å². The monoisotopic (exact) mass is 309 g/mol. The molecule has 5 heteroatoms. The Morgan fingerprint density at radius 3 is 2.75 bits per heavy atom. The van der Waals surface area contributed by atoms with Crippen LogP contribution in [0.3, 0.4) is 0 Å². The largest absolute Gasteiger partial charge is 0.356 e. The fourth-order valence-corrected chi connectivity index (χ4v) is 3.10. The van der Waals surface area contributed by atoms with Gasteiger partial charge in [0.2, 0.25) is 0 Å². The predicted octanol–water partition coefficient (Wildman–Crippen LogP) is 4.13. The minimum atomic E-state index is 0.364. The first kappa shape index (κ1) is 15.3. The molecule has 0 spiro atoms. The molecule has 2 rings (SSSR count). The lowest BCUT2D eigenvalue weighted by molar-refractivity contribution is 0.674. The van der Waals surface area contributed by atoms with Crippen LogP contribution in [0.1, 0.15) is 30.1 Å². The van der Waals surface area contributed by atoms with E-state index in [4.69, 9.17) is 11.6 Å². The van der Waals surface area contributed by atoms with Crippen LogP contribution in [0.4, 0.5) is 5.82 Å². The van der Waals surface area contributed by atoms with Gasteiger partial charge in [0.1, 0.15) is 16.8 Å². The molecule has 108 valence electrons. The molecule has 1 unspecified atom stereocenters. The zero-order chi connectivity index (χ0) is 14.7. The van der Waals surface area contributed by atoms with E-state index in [1.807, 2.05) is 13.8 Å². The number of hydrogen-bond acceptors (Lipinski definition) is 4. The number of aryl methyl sites for hydroxylation is 1. The average molecular weight is 310 g/mol. The van der Waals surface area contributed by atoms with Crippen LogP contribution in [0.2, 0.25) is 5.15 Å². The summed E-state index contributed by atoms with van der Waals surface area (Å²) in [5.74, 6) is 1.73. The molecule has 0 aliphatic heterocycles. The summed E-state index contributed by atoms with van der Waals surface area (Å²) in [6.07, 6.45) is 1.80. The Labute approximate surface area is 129 Å². The smallest absolute Gasteiger partial charge is 0.137 e. The Bertz CT molecular complexity index is 569. The molecule has 0 bridgehead atoms. The van der Waals surface area contributed by atoms with E-state index in [9.17, 15) is 0 Å². The van der Waals surface area contributed by atoms with Crippen molar-refractivity contribution in [3.05, 3.63) is 38.9 Å². The van der Waals surface area contributed by atoms with Gasteiger partial charge in [-0.3, -0.25) is 0 Å². The summed E-state index contributed by atoms with van der Waals surface area (Å²) in [6, 6.07) is 4.63. The van der Waals surface area contributed by atoms with Crippen molar-refractivity contribution in [2.24, 2.45) is 0 Å². The zero-order valence-corrected chi connectivity index (χ0v) is 13.9. The van der Waals surface area contributed by atoms with Crippen molar-refractivity contribution in [3.63, 3.8) is 0 Å². The Morgan fingerprint density at radius 2 is 2.15 bits per heavy atom. The van der Waals surface area contributed by atoms with Crippen LogP contribution in [0.15, 0.2) is 17.5 Å². The normalized spacial score (nSPS) is 12.4. The van der Waals surface area contributed by atoms with E-state index in [1.165, 1.54) is 4.88 Å². The van der Waals surface area contributed by atoms with Gasteiger partial charge in [0.05, 0.1) is 0 Å². The van der Waals surface area contributed by atoms with Gasteiger partial charge in [-0.15, -0.1) is 11.3 Å². The molecule has 0 amide bonds. The number of thiophene rings is 1. The fraction of sp³-hybridized carbons (Fsp3) is 0.467. The lowest BCUT2D eigenvalue weighted by Gasteiger charge is -2.27. The highest BCUT2D eigenvalue weighted by Crippen LogP contribution is 2.25. The maximum Gasteiger partial charge on any atom is 0.137 e. The molecule has 0 fully saturated rings. The molecular formula is C15H20ClN3S. The molecule has 0 aliphatic carbocycles. The zero-order valence-electron chi connectivity index (χ0n) is 12.4. The third kappa shape index (κ3) is 3.30. The van der Waals surface area contributed by atoms with Crippen molar-refractivity contribution in [3.8, 4) is 0 Å². The highest BCUT2D eigenvalue weighted by atomic mass is 35.5. The molecule has 2 heterocycles. The van der Waals surface area contributed by atoms with Gasteiger partial charge in [-0.05, 0) is 25.3 Å². The number of hydrogen-bond donors (Lipinski definition) is 0. The van der Waals surface area contributed by atoms with Crippen LogP contribution >= 0.6 is 22.9 Å². The van der Waals surface area contributed by atoms with E-state index in [1.54, 1.807) is 11.3 Å². The van der Waals surface area contributed by atoms with Crippen LogP contribution < -0.4 is 4.90 Å². The number of anilines is 1. The summed E-state index contributed by atoms with van der Waals surface area (Å²) in [7, 11) is 2.07. The van der Waals surface area contributed by atoms with E-state index < -0.39 is 0 Å². The van der Waals surface area contributed by atoms with E-state index >= 15 is 0 Å². The Hall–Kier alpha value is -1.13. The van der Waals surface area contributed by atoms with Crippen molar-refractivity contribution >= 4 is 28.8 Å². The number of nitrogens with zero attached hydrogens (tertiary/aromatic N) is 3. The topological polar surface area (TPSA) is 29.0 Å². The number of rotatable bonds is 5. The second-order valence-corrected chi connectivity index (χ2v) is 6.37. The highest BCUT2D eigenvalue weighted by Gasteiger charge is 2.17. The van der Waals surface area contributed by atoms with Gasteiger partial charge in [0, 0.05) is 36.4 Å². The molecule has 0 saturated carbocycles. The van der Waals surface area contributed by atoms with Gasteiger partial charge in [-0.1, -0.05) is 24.6 Å². The number of likely N-dealkylation sites (N-methyl/N-ethyl adjacent to an activating group) is 1. The maximum absolute atomic E-state index is 6.21. The van der Waals surface area contributed by atoms with Crippen molar-refractivity contribution in [2.75, 3.05) is 11.9 Å². The molecule has 0 aliphatic rings. The first-order valence-corrected chi connectivity index (χ1v) is 8.07. The van der Waals surface area contributed by atoms with Crippen molar-refractivity contribution in [1.29, 1.82) is 0 Å². The predicted molar refractivity (Wildman–Crippen MR) is 87.0 cm³/mol. The van der Waals surface area contributed by atoms with Crippen molar-refractivity contribution in [1.82, 2.24) is 9.97 Å². The first-order chi connectivity index (χ1) is 9.52. The van der Waals surface area contributed by atoms with Gasteiger partial charge in [0.15, 0.2) is 0 Å². The SMILES string of the molecule is CCc1nc(Cl)c(C)c(N(C)C(C)Cc2cccs2)n1. The molecule has 2 aromatic heterocycles. The summed E-state index contributed by atoms with van der Waals surface area (Å²) < 4.78 is 0. The van der Waals surface area contributed by atoms with Crippen LogP contribution in [-0.4, -0.2) is 23.1 Å². The fourth-order valence-electron chi connectivity index (χ4n) is 2.09. The molecule has 2 aromatic rings. The number of halogens is 1. The minimum Gasteiger partial charge on any atom is -0.356 e. The van der Waals surface area contributed by atoms with Crippen LogP contribution in [0.25, 0.3) is 0 Å². The van der Waals surface area contributed by atoms with Gasteiger partial charge in [-0.2, -0.15) is 0 Å². The summed E-state index contributed by atoms with van der Waals surface area (Å²) in [5.41, 5.74) is 0.949. The standard InChI is InChI=1S/C15H20ClN3S/c1-5-13-17-14(16)11(3)15(18-13)19(4)10(2)9-12-7-6-8-20-12/h6-8,10H,5,9H2,1-4H3. The van der Waals surface area contributed by atoms with E-state index in [-0.39, 0.29) is 0 Å². The lowest BCUT2D eigenvalue weighted by atomic mass is 10.1. The Balaban J connectivity index is 2.23. The summed E-state index contributed by atoms with van der Waals surface area (Å²) >= 11 is 8.01. The lowest BCUT2D eigenvalue weighted by Crippen LogP contribution is -2.32. The van der Waals surface area contributed by atoms with Gasteiger partial charge in [0.25, 0.3) is 0 Å². The first-order valence-electron chi connectivity index (χ1n) is 6.81. The molecule has 0 saturated heterocycles. The van der Waals surface area contributed by atoms with E-state index in [2.05, 4.69) is 46.4 Å². The summed E-state index contributed by atoms with van der Waals surface area (Å²) in [5, 5.41) is 2.67. The second kappa shape index (κ2) is 6.55. The number of aromatic nitrogens is 2. The van der Waals surface area contributed by atoms with Gasteiger partial charge in [-0.25, -0.2) is 9.97 Å². The molecule has 0 N–H and O–H groups in total. The highest BCUT2D eigenvalue weighted by molar-refractivity contribution is 7.09. The maximum atomic E-state index is 6.21. The average Bonchev–Trinajstić information content (AvgIpc) is 2.93. The molecule has 3 nitrogen and oxygen atoms in total. The quantitative estimate of drug-likeness (QED) is 0.778. The van der Waals surface area contributed by atoms with Crippen molar-refractivity contribution in [2.45, 2.75) is 39.7 Å². The summed E-state index contributed by atoms with van der Waals surface area (Å²) in [6.45, 7) is 6.23. The summed E-state index contributed by atoms with van der Waals surface area (Å²) in [4.78, 5) is 12.5. The van der Waals surface area contributed by atoms with Crippen LogP contribution in [0, 0.1) is 6.92 Å². The molecule has 20 heavy (non-hydrogen) atoms. The third-order valence-electron chi connectivity index (χ3n) is 3.50. The molecule has 0 aromatic carbocycles. The third-order valence-corrected chi connectivity index (χ3v) is 4.76. The van der Waals surface area contributed by atoms with Gasteiger partial charge < -0.3 is 4.90 Å². The Kier molecular flexibility index (Phi) is 5.00. The van der Waals surface area contributed by atoms with Gasteiger partial charge >= 0.3 is 0 Å². The van der Waals surface area contributed by atoms with Crippen molar-refractivity contribution < 1.29 is 0 Å². The van der Waals surface area contributed by atoms with Crippen LogP contribution in [-0.2, 0) is 12.8 Å². The molecule has 0 radical (unpaired) electrons. The van der Waals surface area contributed by atoms with E-state index in [0.717, 1.165) is 30.0 Å². The minimum absolute atomic E-state index is 0.364. The second-order valence-electron chi connectivity index (χ2n) is 4.98. The Morgan fingerprint density at radius 1 is 1.40 bits per heavy atom. The van der Waals surface area contributed by atoms with Crippen LogP contribution in [0.5, 0.6) is 0 Å².